The molecule has 0 radical (unpaired) electrons. The second-order valence-corrected chi connectivity index (χ2v) is 3.38. The van der Waals surface area contributed by atoms with Gasteiger partial charge in [-0.2, -0.15) is 0 Å². The van der Waals surface area contributed by atoms with Crippen LogP contribution in [0.15, 0.2) is 48.5 Å². The van der Waals surface area contributed by atoms with E-state index < -0.39 is 0 Å². The Morgan fingerprint density at radius 1 is 0.938 bits per heavy atom. The van der Waals surface area contributed by atoms with Crippen molar-refractivity contribution in [1.82, 2.24) is 0 Å². The van der Waals surface area contributed by atoms with Crippen LogP contribution >= 0.6 is 0 Å². The van der Waals surface area contributed by atoms with Crippen molar-refractivity contribution < 1.29 is 10.2 Å². The average Bonchev–Trinajstić information content (AvgIpc) is 2.26. The fourth-order valence-corrected chi connectivity index (χ4v) is 1.05. The minimum atomic E-state index is 0.259. The van der Waals surface area contributed by atoms with Crippen LogP contribution in [0.1, 0.15) is 5.56 Å². The number of aromatic hydroxyl groups is 2. The summed E-state index contributed by atoms with van der Waals surface area (Å²) >= 11 is 0. The number of nitrogens with two attached hydrogens (primary N) is 1. The first-order chi connectivity index (χ1) is 7.59. The van der Waals surface area contributed by atoms with Crippen molar-refractivity contribution in [2.45, 2.75) is 6.92 Å². The second-order valence-electron chi connectivity index (χ2n) is 3.38. The maximum Gasteiger partial charge on any atom is 0.120 e. The third-order valence-electron chi connectivity index (χ3n) is 1.99. The smallest absolute Gasteiger partial charge is 0.120 e. The molecule has 0 saturated heterocycles. The maximum atomic E-state index is 9.02. The summed E-state index contributed by atoms with van der Waals surface area (Å²) in [7, 11) is 0. The van der Waals surface area contributed by atoms with Gasteiger partial charge in [0.15, 0.2) is 0 Å². The lowest BCUT2D eigenvalue weighted by atomic mass is 10.2. The summed E-state index contributed by atoms with van der Waals surface area (Å²) in [6.45, 7) is 1.83. The number of hydrogen-bond acceptors (Lipinski definition) is 3. The zero-order valence-electron chi connectivity index (χ0n) is 9.09. The van der Waals surface area contributed by atoms with E-state index in [1.807, 2.05) is 13.0 Å². The Morgan fingerprint density at radius 2 is 1.56 bits per heavy atom. The molecular formula is C13H15NO2. The Bertz CT molecular complexity index is 441. The Labute approximate surface area is 94.8 Å². The molecule has 2 aromatic carbocycles. The molecule has 0 aliphatic rings. The molecule has 0 saturated carbocycles. The Hall–Kier alpha value is -2.16. The van der Waals surface area contributed by atoms with Gasteiger partial charge in [0.05, 0.1) is 0 Å². The van der Waals surface area contributed by atoms with E-state index in [2.05, 4.69) is 0 Å². The van der Waals surface area contributed by atoms with Crippen LogP contribution in [0, 0.1) is 6.92 Å². The van der Waals surface area contributed by atoms with Gasteiger partial charge in [0.2, 0.25) is 0 Å². The van der Waals surface area contributed by atoms with Crippen LogP contribution in [0.5, 0.6) is 11.5 Å². The van der Waals surface area contributed by atoms with E-state index in [9.17, 15) is 0 Å². The number of benzene rings is 2. The van der Waals surface area contributed by atoms with E-state index in [4.69, 9.17) is 15.9 Å². The molecule has 0 aliphatic carbocycles. The summed E-state index contributed by atoms with van der Waals surface area (Å²) < 4.78 is 0. The van der Waals surface area contributed by atoms with Crippen molar-refractivity contribution >= 4 is 5.69 Å². The molecule has 4 N–H and O–H groups in total. The molecule has 2 aromatic rings. The number of aryl methyl sites for hydroxylation is 1. The molecule has 0 amide bonds. The van der Waals surface area contributed by atoms with Gasteiger partial charge in [-0.05, 0) is 30.7 Å². The molecule has 3 heteroatoms. The van der Waals surface area contributed by atoms with Crippen molar-refractivity contribution in [2.75, 3.05) is 5.73 Å². The van der Waals surface area contributed by atoms with Gasteiger partial charge in [0.25, 0.3) is 0 Å². The van der Waals surface area contributed by atoms with E-state index in [0.29, 0.717) is 11.4 Å². The lowest BCUT2D eigenvalue weighted by molar-refractivity contribution is 0.471. The first kappa shape index (κ1) is 11.9. The Morgan fingerprint density at radius 3 is 1.94 bits per heavy atom. The average molecular weight is 217 g/mol. The van der Waals surface area contributed by atoms with Gasteiger partial charge in [-0.25, -0.2) is 0 Å². The predicted molar refractivity (Wildman–Crippen MR) is 65.4 cm³/mol. The number of nitrogen functional groups attached to an aromatic ring is 1. The van der Waals surface area contributed by atoms with Gasteiger partial charge in [0.1, 0.15) is 11.5 Å². The van der Waals surface area contributed by atoms with Crippen LogP contribution in [-0.2, 0) is 0 Å². The molecule has 0 bridgehead atoms. The fraction of sp³-hybridized carbons (Fsp3) is 0.0769. The second kappa shape index (κ2) is 5.66. The van der Waals surface area contributed by atoms with Gasteiger partial charge in [0, 0.05) is 11.8 Å². The maximum absolute atomic E-state index is 9.02. The highest BCUT2D eigenvalue weighted by molar-refractivity contribution is 5.47. The van der Waals surface area contributed by atoms with E-state index in [-0.39, 0.29) is 5.75 Å². The highest BCUT2D eigenvalue weighted by Crippen LogP contribution is 2.17. The molecule has 84 valence electrons. The highest BCUT2D eigenvalue weighted by atomic mass is 16.3. The first-order valence-corrected chi connectivity index (χ1v) is 4.88. The summed E-state index contributed by atoms with van der Waals surface area (Å²) in [5, 5.41) is 17.7. The molecule has 0 spiro atoms. The van der Waals surface area contributed by atoms with E-state index in [1.165, 1.54) is 6.07 Å². The quantitative estimate of drug-likeness (QED) is 0.594. The molecule has 3 nitrogen and oxygen atoms in total. The monoisotopic (exact) mass is 217 g/mol. The molecule has 0 unspecified atom stereocenters. The van der Waals surface area contributed by atoms with Crippen LogP contribution in [0.25, 0.3) is 0 Å². The van der Waals surface area contributed by atoms with E-state index in [1.54, 1.807) is 36.4 Å². The lowest BCUT2D eigenvalue weighted by Crippen LogP contribution is -1.83. The molecular weight excluding hydrogens is 202 g/mol. The number of phenols is 2. The molecule has 0 aromatic heterocycles. The largest absolute Gasteiger partial charge is 0.508 e. The molecule has 0 atom stereocenters. The minimum Gasteiger partial charge on any atom is -0.508 e. The standard InChI is InChI=1S/C7H9NO.C6H6O/c1-5-2-3-6(8)4-7(5)9;7-6-4-2-1-3-5-6/h2-4,9H,8H2,1H3;1-5,7H. The van der Waals surface area contributed by atoms with E-state index >= 15 is 0 Å². The van der Waals surface area contributed by atoms with Gasteiger partial charge < -0.3 is 15.9 Å². The number of para-hydroxylation sites is 1. The van der Waals surface area contributed by atoms with Crippen molar-refractivity contribution in [3.05, 3.63) is 54.1 Å². The van der Waals surface area contributed by atoms with Crippen LogP contribution in [0.3, 0.4) is 0 Å². The summed E-state index contributed by atoms with van der Waals surface area (Å²) in [5.74, 6) is 0.581. The van der Waals surface area contributed by atoms with Gasteiger partial charge in [-0.15, -0.1) is 0 Å². The third-order valence-corrected chi connectivity index (χ3v) is 1.99. The molecule has 0 fully saturated rings. The van der Waals surface area contributed by atoms with Crippen LogP contribution in [0.2, 0.25) is 0 Å². The third kappa shape index (κ3) is 3.92. The summed E-state index contributed by atoms with van der Waals surface area (Å²) in [6, 6.07) is 13.8. The summed E-state index contributed by atoms with van der Waals surface area (Å²) in [4.78, 5) is 0. The zero-order valence-corrected chi connectivity index (χ0v) is 9.09. The molecule has 2 rings (SSSR count). The summed E-state index contributed by atoms with van der Waals surface area (Å²) in [5.41, 5.74) is 6.81. The van der Waals surface area contributed by atoms with Crippen molar-refractivity contribution in [3.63, 3.8) is 0 Å². The molecule has 0 heterocycles. The van der Waals surface area contributed by atoms with Crippen LogP contribution in [-0.4, -0.2) is 10.2 Å². The topological polar surface area (TPSA) is 66.5 Å². The number of anilines is 1. The van der Waals surface area contributed by atoms with Gasteiger partial charge >= 0.3 is 0 Å². The SMILES string of the molecule is Cc1ccc(N)cc1O.Oc1ccccc1. The van der Waals surface area contributed by atoms with E-state index in [0.717, 1.165) is 5.56 Å². The predicted octanol–water partition coefficient (Wildman–Crippen LogP) is 2.68. The van der Waals surface area contributed by atoms with Crippen molar-refractivity contribution in [3.8, 4) is 11.5 Å². The van der Waals surface area contributed by atoms with Crippen LogP contribution < -0.4 is 5.73 Å². The lowest BCUT2D eigenvalue weighted by Gasteiger charge is -1.97. The number of rotatable bonds is 0. The fourth-order valence-electron chi connectivity index (χ4n) is 1.05. The minimum absolute atomic E-state index is 0.259. The molecule has 16 heavy (non-hydrogen) atoms. The highest BCUT2D eigenvalue weighted by Gasteiger charge is 1.92. The van der Waals surface area contributed by atoms with Crippen molar-refractivity contribution in [2.24, 2.45) is 0 Å². The van der Waals surface area contributed by atoms with Crippen molar-refractivity contribution in [1.29, 1.82) is 0 Å². The number of phenolic OH excluding ortho intramolecular Hbond substituents is 2. The summed E-state index contributed by atoms with van der Waals surface area (Å²) in [6.07, 6.45) is 0. The zero-order chi connectivity index (χ0) is 12.0. The Balaban J connectivity index is 0.000000165. The first-order valence-electron chi connectivity index (χ1n) is 4.88. The van der Waals surface area contributed by atoms with Crippen LogP contribution in [0.4, 0.5) is 5.69 Å². The van der Waals surface area contributed by atoms with Gasteiger partial charge in [-0.3, -0.25) is 0 Å². The number of hydrogen-bond donors (Lipinski definition) is 3. The Kier molecular flexibility index (Phi) is 4.21. The molecule has 0 aliphatic heterocycles. The van der Waals surface area contributed by atoms with Gasteiger partial charge in [-0.1, -0.05) is 24.3 Å². The normalized spacial score (nSPS) is 9.06.